The number of nitrogens with zero attached hydrogens (tertiary/aromatic N) is 1. The van der Waals surface area contributed by atoms with Crippen molar-refractivity contribution < 1.29 is 19.3 Å². The van der Waals surface area contributed by atoms with Crippen molar-refractivity contribution in [2.24, 2.45) is 5.10 Å². The Kier molecular flexibility index (Phi) is 4.69. The highest BCUT2D eigenvalue weighted by Crippen LogP contribution is 2.51. The Labute approximate surface area is 163 Å². The van der Waals surface area contributed by atoms with Crippen LogP contribution in [-0.4, -0.2) is 38.7 Å². The zero-order valence-corrected chi connectivity index (χ0v) is 16.1. The van der Waals surface area contributed by atoms with Crippen LogP contribution in [0.1, 0.15) is 12.0 Å². The topological polar surface area (TPSA) is 72.3 Å². The molecule has 0 aromatic heterocycles. The molecule has 28 heavy (non-hydrogen) atoms. The third-order valence-electron chi connectivity index (χ3n) is 4.99. The summed E-state index contributed by atoms with van der Waals surface area (Å²) in [7, 11) is 4.79. The van der Waals surface area contributed by atoms with Crippen molar-refractivity contribution in [1.29, 1.82) is 0 Å². The van der Waals surface area contributed by atoms with Gasteiger partial charge in [0.05, 0.1) is 38.0 Å². The van der Waals surface area contributed by atoms with Gasteiger partial charge in [0, 0.05) is 23.9 Å². The summed E-state index contributed by atoms with van der Waals surface area (Å²) >= 11 is 0. The number of benzene rings is 3. The third kappa shape index (κ3) is 2.69. The van der Waals surface area contributed by atoms with Crippen LogP contribution in [0.3, 0.4) is 0 Å². The average molecular weight is 378 g/mol. The Morgan fingerprint density at radius 1 is 0.893 bits per heavy atom. The largest absolute Gasteiger partial charge is 0.506 e. The second-order valence-corrected chi connectivity index (χ2v) is 6.44. The van der Waals surface area contributed by atoms with Crippen LogP contribution in [0.5, 0.6) is 23.0 Å². The molecule has 6 nitrogen and oxygen atoms in total. The highest BCUT2D eigenvalue weighted by molar-refractivity contribution is 6.19. The van der Waals surface area contributed by atoms with Crippen molar-refractivity contribution in [3.8, 4) is 34.1 Å². The van der Waals surface area contributed by atoms with Gasteiger partial charge in [-0.3, -0.25) is 0 Å². The highest BCUT2D eigenvalue weighted by Gasteiger charge is 2.28. The summed E-state index contributed by atoms with van der Waals surface area (Å²) in [6.45, 7) is 0.732. The minimum atomic E-state index is 0.144. The maximum absolute atomic E-state index is 11.3. The summed E-state index contributed by atoms with van der Waals surface area (Å²) in [5, 5.41) is 17.3. The minimum Gasteiger partial charge on any atom is -0.506 e. The van der Waals surface area contributed by atoms with E-state index in [1.807, 2.05) is 42.5 Å². The molecule has 4 rings (SSSR count). The number of methoxy groups -OCH3 is 3. The van der Waals surface area contributed by atoms with Crippen LogP contribution in [0.25, 0.3) is 21.9 Å². The monoisotopic (exact) mass is 378 g/mol. The van der Waals surface area contributed by atoms with E-state index in [1.54, 1.807) is 21.3 Å². The lowest BCUT2D eigenvalue weighted by atomic mass is 9.90. The number of fused-ring (bicyclic) bond motifs is 1. The summed E-state index contributed by atoms with van der Waals surface area (Å²) in [5.41, 5.74) is 5.92. The molecule has 6 heteroatoms. The molecule has 1 aliphatic rings. The number of ether oxygens (including phenoxy) is 3. The number of rotatable bonds is 5. The molecule has 0 saturated heterocycles. The van der Waals surface area contributed by atoms with Gasteiger partial charge < -0.3 is 24.7 Å². The van der Waals surface area contributed by atoms with Gasteiger partial charge in [-0.1, -0.05) is 30.3 Å². The highest BCUT2D eigenvalue weighted by atomic mass is 16.5. The fourth-order valence-electron chi connectivity index (χ4n) is 3.78. The molecule has 0 spiro atoms. The SMILES string of the molecule is COc1ccc2c(C3=NNCC3)c(O)c(-c3ccccc3)c(OC)c2c1OC. The molecule has 0 bridgehead atoms. The van der Waals surface area contributed by atoms with Crippen molar-refractivity contribution in [1.82, 2.24) is 5.43 Å². The Balaban J connectivity index is 2.21. The van der Waals surface area contributed by atoms with E-state index in [-0.39, 0.29) is 5.75 Å². The molecule has 0 amide bonds. The molecule has 0 radical (unpaired) electrons. The van der Waals surface area contributed by atoms with Gasteiger partial charge in [0.2, 0.25) is 0 Å². The Morgan fingerprint density at radius 2 is 1.64 bits per heavy atom. The second kappa shape index (κ2) is 7.31. The normalized spacial score (nSPS) is 13.2. The van der Waals surface area contributed by atoms with E-state index in [2.05, 4.69) is 10.5 Å². The minimum absolute atomic E-state index is 0.144. The molecule has 3 aromatic rings. The fourth-order valence-corrected chi connectivity index (χ4v) is 3.78. The molecule has 0 atom stereocenters. The third-order valence-corrected chi connectivity index (χ3v) is 4.99. The van der Waals surface area contributed by atoms with E-state index >= 15 is 0 Å². The number of phenols is 1. The number of hydrogen-bond donors (Lipinski definition) is 2. The Morgan fingerprint density at radius 3 is 2.25 bits per heavy atom. The van der Waals surface area contributed by atoms with Crippen molar-refractivity contribution in [2.75, 3.05) is 27.9 Å². The van der Waals surface area contributed by atoms with Gasteiger partial charge in [-0.2, -0.15) is 5.10 Å². The molecule has 0 fully saturated rings. The molecule has 1 heterocycles. The molecule has 0 unspecified atom stereocenters. The Bertz CT molecular complexity index is 1060. The molecule has 0 aliphatic carbocycles. The van der Waals surface area contributed by atoms with Gasteiger partial charge >= 0.3 is 0 Å². The molecular weight excluding hydrogens is 356 g/mol. The maximum Gasteiger partial charge on any atom is 0.172 e. The van der Waals surface area contributed by atoms with Gasteiger partial charge in [-0.15, -0.1) is 0 Å². The van der Waals surface area contributed by atoms with Gasteiger partial charge in [0.25, 0.3) is 0 Å². The predicted octanol–water partition coefficient (Wildman–Crippen LogP) is 3.94. The smallest absolute Gasteiger partial charge is 0.172 e. The fraction of sp³-hybridized carbons (Fsp3) is 0.227. The van der Waals surface area contributed by atoms with Gasteiger partial charge in [0.15, 0.2) is 11.5 Å². The zero-order valence-electron chi connectivity index (χ0n) is 16.1. The first-order valence-electron chi connectivity index (χ1n) is 9.04. The summed E-state index contributed by atoms with van der Waals surface area (Å²) in [4.78, 5) is 0. The van der Waals surface area contributed by atoms with Crippen LogP contribution in [0.4, 0.5) is 0 Å². The molecule has 1 aliphatic heterocycles. The first kappa shape index (κ1) is 18.0. The maximum atomic E-state index is 11.3. The first-order valence-corrected chi connectivity index (χ1v) is 9.04. The summed E-state index contributed by atoms with van der Waals surface area (Å²) in [6.07, 6.45) is 0.720. The lowest BCUT2D eigenvalue weighted by Crippen LogP contribution is -2.04. The number of hydrazone groups is 1. The van der Waals surface area contributed by atoms with Crippen LogP contribution >= 0.6 is 0 Å². The predicted molar refractivity (Wildman–Crippen MR) is 110 cm³/mol. The molecule has 144 valence electrons. The van der Waals surface area contributed by atoms with Gasteiger partial charge in [-0.05, 0) is 17.7 Å². The molecule has 0 saturated carbocycles. The lowest BCUT2D eigenvalue weighted by molar-refractivity contribution is 0.356. The summed E-state index contributed by atoms with van der Waals surface area (Å²) in [5.74, 6) is 1.83. The van der Waals surface area contributed by atoms with Crippen LogP contribution in [0.15, 0.2) is 47.6 Å². The second-order valence-electron chi connectivity index (χ2n) is 6.44. The zero-order chi connectivity index (χ0) is 19.7. The van der Waals surface area contributed by atoms with E-state index in [0.717, 1.165) is 35.0 Å². The lowest BCUT2D eigenvalue weighted by Gasteiger charge is -2.21. The molecule has 3 aromatic carbocycles. The number of aromatic hydroxyl groups is 1. The van der Waals surface area contributed by atoms with Crippen LogP contribution in [-0.2, 0) is 0 Å². The van der Waals surface area contributed by atoms with Crippen molar-refractivity contribution >= 4 is 16.5 Å². The van der Waals surface area contributed by atoms with Crippen molar-refractivity contribution in [3.63, 3.8) is 0 Å². The number of hydrogen-bond acceptors (Lipinski definition) is 6. The van der Waals surface area contributed by atoms with E-state index in [4.69, 9.17) is 14.2 Å². The van der Waals surface area contributed by atoms with Crippen molar-refractivity contribution in [3.05, 3.63) is 48.0 Å². The van der Waals surface area contributed by atoms with E-state index < -0.39 is 0 Å². The van der Waals surface area contributed by atoms with Crippen LogP contribution < -0.4 is 19.6 Å². The summed E-state index contributed by atoms with van der Waals surface area (Å²) < 4.78 is 17.0. The van der Waals surface area contributed by atoms with E-state index in [9.17, 15) is 5.11 Å². The molecule has 2 N–H and O–H groups in total. The van der Waals surface area contributed by atoms with Crippen LogP contribution in [0.2, 0.25) is 0 Å². The van der Waals surface area contributed by atoms with E-state index in [0.29, 0.717) is 28.4 Å². The quantitative estimate of drug-likeness (QED) is 0.704. The average Bonchev–Trinajstić information content (AvgIpc) is 3.26. The van der Waals surface area contributed by atoms with Gasteiger partial charge in [-0.25, -0.2) is 0 Å². The summed E-state index contributed by atoms with van der Waals surface area (Å²) in [6, 6.07) is 13.4. The van der Waals surface area contributed by atoms with Gasteiger partial charge in [0.1, 0.15) is 11.5 Å². The standard InChI is InChI=1S/C22H22N2O4/c1-26-16-10-9-14-18(15-11-12-23-24-15)20(25)17(13-7-5-4-6-8-13)22(28-3)19(14)21(16)27-2/h4-10,23,25H,11-12H2,1-3H3. The molecular formula is C22H22N2O4. The Hall–Kier alpha value is -3.41. The first-order chi connectivity index (χ1) is 13.7. The van der Waals surface area contributed by atoms with Crippen molar-refractivity contribution in [2.45, 2.75) is 6.42 Å². The number of phenolic OH excluding ortho intramolecular Hbond substituents is 1. The van der Waals surface area contributed by atoms with E-state index in [1.165, 1.54) is 0 Å². The number of nitrogens with one attached hydrogen (secondary N) is 1. The van der Waals surface area contributed by atoms with Crippen LogP contribution in [0, 0.1) is 0 Å².